The minimum atomic E-state index is 0.00214. The van der Waals surface area contributed by atoms with Crippen molar-refractivity contribution in [2.45, 2.75) is 13.5 Å². The van der Waals surface area contributed by atoms with E-state index >= 15 is 0 Å². The van der Waals surface area contributed by atoms with Gasteiger partial charge in [0.1, 0.15) is 23.6 Å². The summed E-state index contributed by atoms with van der Waals surface area (Å²) in [4.78, 5) is 15.2. The number of hydrogen-bond donors (Lipinski definition) is 2. The second-order valence-corrected chi connectivity index (χ2v) is 7.02. The largest absolute Gasteiger partial charge is 0.370 e. The molecule has 1 aliphatic rings. The summed E-state index contributed by atoms with van der Waals surface area (Å²) in [6.07, 6.45) is 0. The van der Waals surface area contributed by atoms with E-state index in [0.29, 0.717) is 13.1 Å². The van der Waals surface area contributed by atoms with Gasteiger partial charge < -0.3 is 19.5 Å². The fourth-order valence-corrected chi connectivity index (χ4v) is 3.84. The maximum Gasteiger partial charge on any atom is 0.268 e. The summed E-state index contributed by atoms with van der Waals surface area (Å²) in [7, 11) is 0. The third kappa shape index (κ3) is 3.83. The highest BCUT2D eigenvalue weighted by Gasteiger charge is 2.18. The number of nitrogens with one attached hydrogen (secondary N) is 2. The Bertz CT molecular complexity index is 698. The van der Waals surface area contributed by atoms with Gasteiger partial charge in [0, 0.05) is 11.9 Å². The Morgan fingerprint density at radius 2 is 2.26 bits per heavy atom. The van der Waals surface area contributed by atoms with Crippen LogP contribution in [0.4, 0.5) is 0 Å². The molecule has 5 nitrogen and oxygen atoms in total. The highest BCUT2D eigenvalue weighted by Crippen LogP contribution is 2.26. The predicted molar refractivity (Wildman–Crippen MR) is 93.3 cm³/mol. The molecule has 0 aromatic carbocycles. The molecule has 2 aromatic heterocycles. The number of nitrogens with zero attached hydrogens (tertiary/aromatic N) is 1. The molecule has 6 heteroatoms. The Morgan fingerprint density at radius 3 is 3.00 bits per heavy atom. The van der Waals surface area contributed by atoms with Crippen molar-refractivity contribution in [3.05, 3.63) is 35.4 Å². The van der Waals surface area contributed by atoms with E-state index in [-0.39, 0.29) is 5.91 Å². The Kier molecular flexibility index (Phi) is 5.15. The SMILES string of the molecule is C=C(C)Cn1c(C(=O)NCC[NH+]2CCOCC2)cc2ccsc21. The number of carbonyl (C=O) groups excluding carboxylic acids is 1. The van der Waals surface area contributed by atoms with Crippen LogP contribution in [-0.4, -0.2) is 49.9 Å². The number of ether oxygens (including phenoxy) is 1. The number of morpholine rings is 1. The van der Waals surface area contributed by atoms with Gasteiger partial charge in [-0.1, -0.05) is 12.2 Å². The summed E-state index contributed by atoms with van der Waals surface area (Å²) in [6, 6.07) is 4.04. The summed E-state index contributed by atoms with van der Waals surface area (Å²) < 4.78 is 7.42. The van der Waals surface area contributed by atoms with E-state index in [9.17, 15) is 4.79 Å². The smallest absolute Gasteiger partial charge is 0.268 e. The van der Waals surface area contributed by atoms with E-state index in [2.05, 4.69) is 27.9 Å². The van der Waals surface area contributed by atoms with E-state index in [4.69, 9.17) is 4.74 Å². The quantitative estimate of drug-likeness (QED) is 0.772. The van der Waals surface area contributed by atoms with Gasteiger partial charge in [-0.3, -0.25) is 4.79 Å². The van der Waals surface area contributed by atoms with Crippen molar-refractivity contribution >= 4 is 27.5 Å². The zero-order valence-corrected chi connectivity index (χ0v) is 14.4. The molecule has 1 amide bonds. The molecule has 0 bridgehead atoms. The number of rotatable bonds is 6. The third-order valence-electron chi connectivity index (χ3n) is 4.13. The lowest BCUT2D eigenvalue weighted by atomic mass is 10.3. The number of carbonyl (C=O) groups is 1. The maximum atomic E-state index is 12.6. The maximum absolute atomic E-state index is 12.6. The molecular formula is C17H24N3O2S+. The molecule has 2 aromatic rings. The van der Waals surface area contributed by atoms with Crippen LogP contribution in [0, 0.1) is 0 Å². The van der Waals surface area contributed by atoms with E-state index < -0.39 is 0 Å². The summed E-state index contributed by atoms with van der Waals surface area (Å²) in [6.45, 7) is 12.0. The fraction of sp³-hybridized carbons (Fsp3) is 0.471. The monoisotopic (exact) mass is 334 g/mol. The molecular weight excluding hydrogens is 310 g/mol. The van der Waals surface area contributed by atoms with Gasteiger partial charge in [0.05, 0.1) is 26.3 Å². The Labute approximate surface area is 140 Å². The predicted octanol–water partition coefficient (Wildman–Crippen LogP) is 0.924. The first-order valence-corrected chi connectivity index (χ1v) is 8.94. The van der Waals surface area contributed by atoms with Crippen LogP contribution in [0.15, 0.2) is 29.7 Å². The number of thiophene rings is 1. The van der Waals surface area contributed by atoms with Crippen LogP contribution in [0.1, 0.15) is 17.4 Å². The molecule has 1 saturated heterocycles. The molecule has 1 aliphatic heterocycles. The number of hydrogen-bond acceptors (Lipinski definition) is 3. The minimum absolute atomic E-state index is 0.00214. The molecule has 0 spiro atoms. The van der Waals surface area contributed by atoms with Crippen LogP contribution >= 0.6 is 11.3 Å². The average Bonchev–Trinajstić information content (AvgIpc) is 3.11. The van der Waals surface area contributed by atoms with Crippen molar-refractivity contribution in [2.75, 3.05) is 39.4 Å². The van der Waals surface area contributed by atoms with Crippen LogP contribution in [0.25, 0.3) is 10.2 Å². The van der Waals surface area contributed by atoms with Gasteiger partial charge in [-0.15, -0.1) is 11.3 Å². The van der Waals surface area contributed by atoms with E-state index in [1.165, 1.54) is 4.90 Å². The number of amides is 1. The zero-order chi connectivity index (χ0) is 16.2. The topological polar surface area (TPSA) is 47.7 Å². The van der Waals surface area contributed by atoms with Crippen LogP contribution in [0.5, 0.6) is 0 Å². The van der Waals surface area contributed by atoms with Crippen molar-refractivity contribution in [2.24, 2.45) is 0 Å². The molecule has 3 rings (SSSR count). The Morgan fingerprint density at radius 1 is 1.48 bits per heavy atom. The molecule has 0 unspecified atom stereocenters. The fourth-order valence-electron chi connectivity index (χ4n) is 2.94. The van der Waals surface area contributed by atoms with Gasteiger partial charge in [-0.05, 0) is 24.4 Å². The van der Waals surface area contributed by atoms with Crippen LogP contribution in [0.3, 0.4) is 0 Å². The van der Waals surface area contributed by atoms with Gasteiger partial charge in [0.25, 0.3) is 5.91 Å². The Hall–Kier alpha value is -1.63. The molecule has 124 valence electrons. The number of quaternary nitrogens is 1. The van der Waals surface area contributed by atoms with E-state index in [1.807, 2.05) is 13.0 Å². The summed E-state index contributed by atoms with van der Waals surface area (Å²) in [5.41, 5.74) is 1.77. The number of allylic oxidation sites excluding steroid dienone is 1. The van der Waals surface area contributed by atoms with Crippen LogP contribution < -0.4 is 10.2 Å². The average molecular weight is 334 g/mol. The molecule has 1 fully saturated rings. The molecule has 0 atom stereocenters. The van der Waals surface area contributed by atoms with Gasteiger partial charge in [-0.25, -0.2) is 0 Å². The normalized spacial score (nSPS) is 15.9. The van der Waals surface area contributed by atoms with E-state index in [0.717, 1.165) is 54.3 Å². The third-order valence-corrected chi connectivity index (χ3v) is 5.08. The van der Waals surface area contributed by atoms with E-state index in [1.54, 1.807) is 11.3 Å². The number of fused-ring (bicyclic) bond motifs is 1. The Balaban J connectivity index is 1.65. The second kappa shape index (κ2) is 7.29. The lowest BCUT2D eigenvalue weighted by Crippen LogP contribution is -3.14. The van der Waals surface area contributed by atoms with Crippen molar-refractivity contribution in [3.63, 3.8) is 0 Å². The van der Waals surface area contributed by atoms with Crippen molar-refractivity contribution < 1.29 is 14.4 Å². The van der Waals surface area contributed by atoms with Gasteiger partial charge in [-0.2, -0.15) is 0 Å². The van der Waals surface area contributed by atoms with Crippen molar-refractivity contribution in [1.82, 2.24) is 9.88 Å². The second-order valence-electron chi connectivity index (χ2n) is 6.12. The molecule has 23 heavy (non-hydrogen) atoms. The minimum Gasteiger partial charge on any atom is -0.370 e. The van der Waals surface area contributed by atoms with Crippen molar-refractivity contribution in [1.29, 1.82) is 0 Å². The highest BCUT2D eigenvalue weighted by atomic mass is 32.1. The highest BCUT2D eigenvalue weighted by molar-refractivity contribution is 7.16. The van der Waals surface area contributed by atoms with Gasteiger partial charge in [0.15, 0.2) is 0 Å². The van der Waals surface area contributed by atoms with Crippen LogP contribution in [-0.2, 0) is 11.3 Å². The zero-order valence-electron chi connectivity index (χ0n) is 13.6. The summed E-state index contributed by atoms with van der Waals surface area (Å²) in [5.74, 6) is 0.00214. The molecule has 3 heterocycles. The molecule has 0 saturated carbocycles. The first-order valence-electron chi connectivity index (χ1n) is 8.06. The van der Waals surface area contributed by atoms with Gasteiger partial charge in [0.2, 0.25) is 0 Å². The molecule has 0 radical (unpaired) electrons. The van der Waals surface area contributed by atoms with Crippen LogP contribution in [0.2, 0.25) is 0 Å². The first kappa shape index (κ1) is 16.2. The summed E-state index contributed by atoms with van der Waals surface area (Å²) in [5, 5.41) is 6.25. The first-order chi connectivity index (χ1) is 11.1. The van der Waals surface area contributed by atoms with Crippen molar-refractivity contribution in [3.8, 4) is 0 Å². The standard InChI is InChI=1S/C17H23N3O2S/c1-13(2)12-20-15(11-14-3-10-23-17(14)20)16(21)18-4-5-19-6-8-22-9-7-19/h3,10-11H,1,4-9,12H2,2H3,(H,18,21)/p+1. The lowest BCUT2D eigenvalue weighted by Gasteiger charge is -2.23. The number of aromatic nitrogens is 1. The lowest BCUT2D eigenvalue weighted by molar-refractivity contribution is -0.906. The summed E-state index contributed by atoms with van der Waals surface area (Å²) >= 11 is 1.66. The molecule has 0 aliphatic carbocycles. The molecule has 2 N–H and O–H groups in total. The van der Waals surface area contributed by atoms with Gasteiger partial charge >= 0.3 is 0 Å².